The summed E-state index contributed by atoms with van der Waals surface area (Å²) in [6, 6.07) is 14.9. The Morgan fingerprint density at radius 2 is 1.77 bits per heavy atom. The number of rotatable bonds is 8. The standard InChI is InChI=1S/C32H40N2O4S/c1-21-17-25(13-16-29(21)37-2)23-9-7-22(8-10-23)20-34(31(36)24-11-14-28(35)15-12-24)27-6-4-5-26(18-27)30-19-33-32(38-3)39-30/h4-6,13,16-19,22-24,28,35H,7-12,14-15,20H2,1-3H3. The van der Waals surface area contributed by atoms with Crippen LogP contribution < -0.4 is 14.4 Å². The van der Waals surface area contributed by atoms with Gasteiger partial charge in [0.1, 0.15) is 5.75 Å². The summed E-state index contributed by atoms with van der Waals surface area (Å²) >= 11 is 1.51. The number of ether oxygens (including phenoxy) is 2. The third-order valence-electron chi connectivity index (χ3n) is 8.59. The number of nitrogens with zero attached hydrogens (tertiary/aromatic N) is 2. The zero-order valence-electron chi connectivity index (χ0n) is 23.3. The first-order chi connectivity index (χ1) is 18.9. The van der Waals surface area contributed by atoms with Crippen LogP contribution in [-0.2, 0) is 4.79 Å². The van der Waals surface area contributed by atoms with Crippen molar-refractivity contribution in [2.24, 2.45) is 11.8 Å². The largest absolute Gasteiger partial charge is 0.496 e. The molecule has 39 heavy (non-hydrogen) atoms. The van der Waals surface area contributed by atoms with Crippen LogP contribution in [0.25, 0.3) is 10.4 Å². The fourth-order valence-corrected chi connectivity index (χ4v) is 7.00. The number of anilines is 1. The van der Waals surface area contributed by atoms with Crippen molar-refractivity contribution in [3.8, 4) is 21.4 Å². The lowest BCUT2D eigenvalue weighted by atomic mass is 9.78. The maximum atomic E-state index is 14.0. The molecule has 2 fully saturated rings. The molecule has 208 valence electrons. The van der Waals surface area contributed by atoms with E-state index in [1.165, 1.54) is 22.5 Å². The van der Waals surface area contributed by atoms with E-state index in [2.05, 4.69) is 48.3 Å². The lowest BCUT2D eigenvalue weighted by molar-refractivity contribution is -0.124. The molecule has 0 bridgehead atoms. The highest BCUT2D eigenvalue weighted by Crippen LogP contribution is 2.39. The molecule has 1 amide bonds. The molecule has 0 saturated heterocycles. The van der Waals surface area contributed by atoms with Gasteiger partial charge in [-0.15, -0.1) is 0 Å². The third-order valence-corrected chi connectivity index (χ3v) is 9.60. The van der Waals surface area contributed by atoms with Crippen molar-refractivity contribution in [1.29, 1.82) is 0 Å². The monoisotopic (exact) mass is 548 g/mol. The smallest absolute Gasteiger partial charge is 0.273 e. The first-order valence-corrected chi connectivity index (χ1v) is 15.0. The molecule has 2 aliphatic carbocycles. The average molecular weight is 549 g/mol. The third kappa shape index (κ3) is 6.47. The van der Waals surface area contributed by atoms with Gasteiger partial charge in [0.2, 0.25) is 5.91 Å². The summed E-state index contributed by atoms with van der Waals surface area (Å²) in [5, 5.41) is 10.7. The molecule has 0 spiro atoms. The molecule has 0 atom stereocenters. The number of amides is 1. The Morgan fingerprint density at radius 3 is 2.44 bits per heavy atom. The molecule has 0 unspecified atom stereocenters. The van der Waals surface area contributed by atoms with Crippen LogP contribution in [0.5, 0.6) is 10.9 Å². The molecule has 2 aromatic carbocycles. The van der Waals surface area contributed by atoms with Crippen molar-refractivity contribution < 1.29 is 19.4 Å². The van der Waals surface area contributed by atoms with Gasteiger partial charge in [-0.2, -0.15) is 0 Å². The molecule has 2 aliphatic rings. The molecule has 0 aliphatic heterocycles. The van der Waals surface area contributed by atoms with E-state index in [0.29, 0.717) is 29.9 Å². The average Bonchev–Trinajstić information content (AvgIpc) is 3.46. The quantitative estimate of drug-likeness (QED) is 0.328. The van der Waals surface area contributed by atoms with Gasteiger partial charge in [0, 0.05) is 24.3 Å². The zero-order valence-corrected chi connectivity index (χ0v) is 24.1. The SMILES string of the molecule is COc1ncc(-c2cccc(N(CC3CCC(c4ccc(OC)c(C)c4)CC3)C(=O)C3CCC(O)CC3)c2)s1. The first kappa shape index (κ1) is 27.7. The van der Waals surface area contributed by atoms with Crippen LogP contribution in [0.3, 0.4) is 0 Å². The highest BCUT2D eigenvalue weighted by Gasteiger charge is 2.32. The molecule has 6 nitrogen and oxygen atoms in total. The number of carbonyl (C=O) groups excluding carboxylic acids is 1. The van der Waals surface area contributed by atoms with Crippen molar-refractivity contribution in [3.05, 3.63) is 59.8 Å². The van der Waals surface area contributed by atoms with Crippen molar-refractivity contribution in [3.63, 3.8) is 0 Å². The van der Waals surface area contributed by atoms with Crippen LogP contribution in [0.2, 0.25) is 0 Å². The number of aromatic nitrogens is 1. The van der Waals surface area contributed by atoms with Gasteiger partial charge in [-0.05, 0) is 105 Å². The van der Waals surface area contributed by atoms with Gasteiger partial charge >= 0.3 is 0 Å². The van der Waals surface area contributed by atoms with Crippen molar-refractivity contribution in [1.82, 2.24) is 4.98 Å². The lowest BCUT2D eigenvalue weighted by Gasteiger charge is -2.36. The number of aryl methyl sites for hydroxylation is 1. The van der Waals surface area contributed by atoms with E-state index in [0.717, 1.165) is 66.9 Å². The van der Waals surface area contributed by atoms with Crippen LogP contribution in [0.15, 0.2) is 48.7 Å². The van der Waals surface area contributed by atoms with E-state index >= 15 is 0 Å². The first-order valence-electron chi connectivity index (χ1n) is 14.2. The summed E-state index contributed by atoms with van der Waals surface area (Å²) in [5.41, 5.74) is 4.57. The molecule has 3 aromatic rings. The van der Waals surface area contributed by atoms with E-state index in [1.54, 1.807) is 14.2 Å². The lowest BCUT2D eigenvalue weighted by Crippen LogP contribution is -2.41. The van der Waals surface area contributed by atoms with Gasteiger partial charge in [-0.3, -0.25) is 4.79 Å². The van der Waals surface area contributed by atoms with Gasteiger partial charge < -0.3 is 19.5 Å². The Hall–Kier alpha value is -2.90. The van der Waals surface area contributed by atoms with Crippen molar-refractivity contribution >= 4 is 22.9 Å². The van der Waals surface area contributed by atoms with Crippen LogP contribution in [0.1, 0.15) is 68.4 Å². The van der Waals surface area contributed by atoms with Crippen LogP contribution in [-0.4, -0.2) is 42.9 Å². The minimum atomic E-state index is -0.274. The van der Waals surface area contributed by atoms with Crippen molar-refractivity contribution in [2.45, 2.75) is 70.3 Å². The Kier molecular flexibility index (Phi) is 8.88. The Bertz CT molecular complexity index is 1260. The molecule has 5 rings (SSSR count). The molecule has 1 heterocycles. The maximum absolute atomic E-state index is 14.0. The number of aliphatic hydroxyl groups is 1. The number of thiazole rings is 1. The number of aliphatic hydroxyl groups excluding tert-OH is 1. The Morgan fingerprint density at radius 1 is 1.00 bits per heavy atom. The molecular weight excluding hydrogens is 508 g/mol. The maximum Gasteiger partial charge on any atom is 0.273 e. The fourth-order valence-electron chi connectivity index (χ4n) is 6.27. The van der Waals surface area contributed by atoms with E-state index in [1.807, 2.05) is 17.2 Å². The molecule has 2 saturated carbocycles. The van der Waals surface area contributed by atoms with Crippen LogP contribution >= 0.6 is 11.3 Å². The molecule has 7 heteroatoms. The number of hydrogen-bond acceptors (Lipinski definition) is 6. The predicted octanol–water partition coefficient (Wildman–Crippen LogP) is 6.99. The Labute approximate surface area is 236 Å². The normalized spacial score (nSPS) is 23.3. The van der Waals surface area contributed by atoms with E-state index in [9.17, 15) is 9.90 Å². The number of hydrogen-bond donors (Lipinski definition) is 1. The van der Waals surface area contributed by atoms with Crippen LogP contribution in [0, 0.1) is 18.8 Å². The molecule has 0 radical (unpaired) electrons. The summed E-state index contributed by atoms with van der Waals surface area (Å²) in [7, 11) is 3.35. The minimum absolute atomic E-state index is 0.0285. The summed E-state index contributed by atoms with van der Waals surface area (Å²) in [6.45, 7) is 2.85. The van der Waals surface area contributed by atoms with E-state index in [-0.39, 0.29) is 17.9 Å². The van der Waals surface area contributed by atoms with Gasteiger partial charge in [0.25, 0.3) is 5.19 Å². The second kappa shape index (κ2) is 12.5. The second-order valence-corrected chi connectivity index (χ2v) is 12.1. The molecule has 1 aromatic heterocycles. The summed E-state index contributed by atoms with van der Waals surface area (Å²) in [4.78, 5) is 21.4. The topological polar surface area (TPSA) is 71.9 Å². The highest BCUT2D eigenvalue weighted by atomic mass is 32.1. The van der Waals surface area contributed by atoms with E-state index < -0.39 is 0 Å². The number of methoxy groups -OCH3 is 2. The predicted molar refractivity (Wildman–Crippen MR) is 157 cm³/mol. The van der Waals surface area contributed by atoms with E-state index in [4.69, 9.17) is 9.47 Å². The summed E-state index contributed by atoms with van der Waals surface area (Å²) in [5.74, 6) is 2.13. The van der Waals surface area contributed by atoms with Crippen LogP contribution in [0.4, 0.5) is 5.69 Å². The van der Waals surface area contributed by atoms with Gasteiger partial charge in [-0.1, -0.05) is 35.6 Å². The number of benzene rings is 2. The zero-order chi connectivity index (χ0) is 27.4. The molecular formula is C32H40N2O4S. The summed E-state index contributed by atoms with van der Waals surface area (Å²) in [6.07, 6.45) is 8.96. The number of carbonyl (C=O) groups is 1. The Balaban J connectivity index is 1.33. The summed E-state index contributed by atoms with van der Waals surface area (Å²) < 4.78 is 10.7. The van der Waals surface area contributed by atoms with Gasteiger partial charge in [-0.25, -0.2) is 4.98 Å². The minimum Gasteiger partial charge on any atom is -0.496 e. The van der Waals surface area contributed by atoms with Crippen molar-refractivity contribution in [2.75, 3.05) is 25.7 Å². The molecule has 1 N–H and O–H groups in total. The highest BCUT2D eigenvalue weighted by molar-refractivity contribution is 7.16. The van der Waals surface area contributed by atoms with Gasteiger partial charge in [0.05, 0.1) is 25.2 Å². The van der Waals surface area contributed by atoms with Gasteiger partial charge in [0.15, 0.2) is 0 Å². The second-order valence-electron chi connectivity index (χ2n) is 11.1. The fraction of sp³-hybridized carbons (Fsp3) is 0.500.